The molecule has 0 aromatic heterocycles. The highest BCUT2D eigenvalue weighted by Gasteiger charge is 2.21. The molecule has 6 nitrogen and oxygen atoms in total. The van der Waals surface area contributed by atoms with Gasteiger partial charge in [-0.15, -0.1) is 0 Å². The fourth-order valence-electron chi connectivity index (χ4n) is 3.24. The largest absolute Gasteiger partial charge is 0.454 e. The maximum Gasteiger partial charge on any atom is 0.328 e. The molecule has 1 saturated carbocycles. The molecule has 1 aromatic rings. The van der Waals surface area contributed by atoms with Gasteiger partial charge in [-0.3, -0.25) is 9.59 Å². The van der Waals surface area contributed by atoms with Crippen LogP contribution in [0.2, 0.25) is 0 Å². The minimum absolute atomic E-state index is 0.00427. The first kappa shape index (κ1) is 21.9. The highest BCUT2D eigenvalue weighted by molar-refractivity contribution is 5.96. The molecule has 1 aliphatic carbocycles. The lowest BCUT2D eigenvalue weighted by Gasteiger charge is -2.22. The lowest BCUT2D eigenvalue weighted by Crippen LogP contribution is -2.42. The number of benzene rings is 1. The first-order chi connectivity index (χ1) is 13.2. The molecule has 1 atom stereocenters. The Bertz CT molecular complexity index is 685. The van der Waals surface area contributed by atoms with Crippen LogP contribution in [-0.2, 0) is 19.7 Å². The minimum atomic E-state index is -0.836. The van der Waals surface area contributed by atoms with Crippen LogP contribution >= 0.6 is 0 Å². The Morgan fingerprint density at radius 1 is 1.07 bits per heavy atom. The van der Waals surface area contributed by atoms with Crippen molar-refractivity contribution in [1.82, 2.24) is 10.6 Å². The number of rotatable bonds is 6. The molecule has 0 aliphatic heterocycles. The number of amides is 2. The molecule has 2 amide bonds. The van der Waals surface area contributed by atoms with E-state index in [0.29, 0.717) is 5.56 Å². The predicted octanol–water partition coefficient (Wildman–Crippen LogP) is 3.09. The van der Waals surface area contributed by atoms with E-state index in [-0.39, 0.29) is 29.9 Å². The maximum absolute atomic E-state index is 12.3. The van der Waals surface area contributed by atoms with Gasteiger partial charge in [0.2, 0.25) is 0 Å². The van der Waals surface area contributed by atoms with Crippen molar-refractivity contribution in [1.29, 1.82) is 0 Å². The maximum atomic E-state index is 12.3. The van der Waals surface area contributed by atoms with Crippen LogP contribution in [-0.4, -0.2) is 36.5 Å². The Hall–Kier alpha value is -2.37. The SMILES string of the molecule is C[C@H](NC(=O)c1ccc(C(C)(C)C)cc1)C(=O)OCC(=O)NC1CCCCC1. The summed E-state index contributed by atoms with van der Waals surface area (Å²) in [6, 6.07) is 6.64. The van der Waals surface area contributed by atoms with Gasteiger partial charge in [0.1, 0.15) is 6.04 Å². The van der Waals surface area contributed by atoms with Crippen molar-refractivity contribution in [3.63, 3.8) is 0 Å². The molecule has 28 heavy (non-hydrogen) atoms. The van der Waals surface area contributed by atoms with Gasteiger partial charge in [0.05, 0.1) is 0 Å². The Morgan fingerprint density at radius 2 is 1.68 bits per heavy atom. The molecule has 1 aliphatic rings. The Labute approximate surface area is 167 Å². The molecule has 0 saturated heterocycles. The molecule has 1 fully saturated rings. The van der Waals surface area contributed by atoms with Crippen LogP contribution in [0.3, 0.4) is 0 Å². The Kier molecular flexibility index (Phi) is 7.61. The van der Waals surface area contributed by atoms with Crippen LogP contribution in [0.5, 0.6) is 0 Å². The second-order valence-corrected chi connectivity index (χ2v) is 8.53. The molecule has 1 aromatic carbocycles. The van der Waals surface area contributed by atoms with E-state index < -0.39 is 12.0 Å². The number of hydrogen-bond donors (Lipinski definition) is 2. The average molecular weight is 389 g/mol. The predicted molar refractivity (Wildman–Crippen MR) is 108 cm³/mol. The third-order valence-corrected chi connectivity index (χ3v) is 5.03. The van der Waals surface area contributed by atoms with Gasteiger partial charge in [-0.2, -0.15) is 0 Å². The van der Waals surface area contributed by atoms with Crippen molar-refractivity contribution in [2.75, 3.05) is 6.61 Å². The summed E-state index contributed by atoms with van der Waals surface area (Å²) in [5.41, 5.74) is 1.60. The zero-order valence-electron chi connectivity index (χ0n) is 17.3. The summed E-state index contributed by atoms with van der Waals surface area (Å²) in [5, 5.41) is 5.51. The average Bonchev–Trinajstić information content (AvgIpc) is 2.66. The van der Waals surface area contributed by atoms with Crippen LogP contribution in [0.1, 0.15) is 75.7 Å². The van der Waals surface area contributed by atoms with Gasteiger partial charge in [0.25, 0.3) is 11.8 Å². The van der Waals surface area contributed by atoms with Crippen LogP contribution < -0.4 is 10.6 Å². The van der Waals surface area contributed by atoms with Crippen LogP contribution in [0.4, 0.5) is 0 Å². The summed E-state index contributed by atoms with van der Waals surface area (Å²) in [6.07, 6.45) is 5.38. The first-order valence-electron chi connectivity index (χ1n) is 10.0. The van der Waals surface area contributed by atoms with E-state index in [4.69, 9.17) is 4.74 Å². The smallest absolute Gasteiger partial charge is 0.328 e. The van der Waals surface area contributed by atoms with Crippen LogP contribution in [0.15, 0.2) is 24.3 Å². The van der Waals surface area contributed by atoms with Crippen molar-refractivity contribution < 1.29 is 19.1 Å². The van der Waals surface area contributed by atoms with E-state index >= 15 is 0 Å². The van der Waals surface area contributed by atoms with E-state index in [9.17, 15) is 14.4 Å². The molecule has 0 heterocycles. The second-order valence-electron chi connectivity index (χ2n) is 8.53. The third-order valence-electron chi connectivity index (χ3n) is 5.03. The molecule has 0 bridgehead atoms. The van der Waals surface area contributed by atoms with E-state index in [1.165, 1.54) is 6.42 Å². The fourth-order valence-corrected chi connectivity index (χ4v) is 3.24. The standard InChI is InChI=1S/C22H32N2O4/c1-15(21(27)28-14-19(25)24-18-8-6-5-7-9-18)23-20(26)16-10-12-17(13-11-16)22(2,3)4/h10-13,15,18H,5-9,14H2,1-4H3,(H,23,26)(H,24,25)/t15-/m0/s1. The summed E-state index contributed by atoms with van der Waals surface area (Å²) in [4.78, 5) is 36.3. The number of carbonyl (C=O) groups excluding carboxylic acids is 3. The molecule has 154 valence electrons. The summed E-state index contributed by atoms with van der Waals surface area (Å²) >= 11 is 0. The normalized spacial score (nSPS) is 16.1. The molecule has 0 radical (unpaired) electrons. The van der Waals surface area contributed by atoms with Crippen LogP contribution in [0, 0.1) is 0 Å². The van der Waals surface area contributed by atoms with E-state index in [1.54, 1.807) is 19.1 Å². The highest BCUT2D eigenvalue weighted by atomic mass is 16.5. The fraction of sp³-hybridized carbons (Fsp3) is 0.591. The van der Waals surface area contributed by atoms with Gasteiger partial charge in [0.15, 0.2) is 6.61 Å². The van der Waals surface area contributed by atoms with Crippen LogP contribution in [0.25, 0.3) is 0 Å². The molecule has 0 unspecified atom stereocenters. The Morgan fingerprint density at radius 3 is 2.25 bits per heavy atom. The topological polar surface area (TPSA) is 84.5 Å². The van der Waals surface area contributed by atoms with Gasteiger partial charge in [-0.1, -0.05) is 52.2 Å². The van der Waals surface area contributed by atoms with Gasteiger partial charge in [-0.05, 0) is 42.9 Å². The number of carbonyl (C=O) groups is 3. The quantitative estimate of drug-likeness (QED) is 0.734. The molecule has 2 N–H and O–H groups in total. The molecule has 2 rings (SSSR count). The number of nitrogens with one attached hydrogen (secondary N) is 2. The number of esters is 1. The molecular formula is C22H32N2O4. The highest BCUT2D eigenvalue weighted by Crippen LogP contribution is 2.22. The lowest BCUT2D eigenvalue weighted by molar-refractivity contribution is -0.150. The zero-order valence-corrected chi connectivity index (χ0v) is 17.3. The van der Waals surface area contributed by atoms with Crippen molar-refractivity contribution >= 4 is 17.8 Å². The van der Waals surface area contributed by atoms with Crippen molar-refractivity contribution in [3.05, 3.63) is 35.4 Å². The van der Waals surface area contributed by atoms with Gasteiger partial charge < -0.3 is 15.4 Å². The van der Waals surface area contributed by atoms with Gasteiger partial charge >= 0.3 is 5.97 Å². The second kappa shape index (κ2) is 9.71. The molecule has 0 spiro atoms. The van der Waals surface area contributed by atoms with Gasteiger partial charge in [0, 0.05) is 11.6 Å². The van der Waals surface area contributed by atoms with Crippen molar-refractivity contribution in [2.24, 2.45) is 0 Å². The summed E-state index contributed by atoms with van der Waals surface area (Å²) in [6.45, 7) is 7.53. The summed E-state index contributed by atoms with van der Waals surface area (Å²) in [5.74, 6) is -1.27. The minimum Gasteiger partial charge on any atom is -0.454 e. The number of hydrogen-bond acceptors (Lipinski definition) is 4. The molecular weight excluding hydrogens is 356 g/mol. The third kappa shape index (κ3) is 6.66. The first-order valence-corrected chi connectivity index (χ1v) is 10.0. The number of ether oxygens (including phenoxy) is 1. The summed E-state index contributed by atoms with van der Waals surface area (Å²) in [7, 11) is 0. The Balaban J connectivity index is 1.77. The van der Waals surface area contributed by atoms with E-state index in [1.807, 2.05) is 12.1 Å². The summed E-state index contributed by atoms with van der Waals surface area (Å²) < 4.78 is 5.04. The zero-order chi connectivity index (χ0) is 20.7. The monoisotopic (exact) mass is 388 g/mol. The van der Waals surface area contributed by atoms with E-state index in [2.05, 4.69) is 31.4 Å². The van der Waals surface area contributed by atoms with Gasteiger partial charge in [-0.25, -0.2) is 4.79 Å². The molecule has 6 heteroatoms. The van der Waals surface area contributed by atoms with E-state index in [0.717, 1.165) is 31.2 Å². The van der Waals surface area contributed by atoms with Crippen molar-refractivity contribution in [2.45, 2.75) is 77.3 Å². The lowest BCUT2D eigenvalue weighted by atomic mass is 9.86. The van der Waals surface area contributed by atoms with Crippen molar-refractivity contribution in [3.8, 4) is 0 Å².